The van der Waals surface area contributed by atoms with E-state index < -0.39 is 22.0 Å². The number of benzene rings is 1. The van der Waals surface area contributed by atoms with Crippen LogP contribution in [-0.2, 0) is 14.8 Å². The zero-order valence-electron chi connectivity index (χ0n) is 13.9. The third kappa shape index (κ3) is 3.95. The molecule has 3 rings (SSSR count). The van der Waals surface area contributed by atoms with Crippen LogP contribution >= 0.6 is 11.3 Å². The van der Waals surface area contributed by atoms with Crippen LogP contribution in [0.4, 0.5) is 5.69 Å². The molecule has 0 aliphatic carbocycles. The quantitative estimate of drug-likeness (QED) is 0.653. The number of rotatable bonds is 6. The molecule has 1 amide bonds. The van der Waals surface area contributed by atoms with Crippen LogP contribution in [0.2, 0.25) is 0 Å². The highest BCUT2D eigenvalue weighted by molar-refractivity contribution is 7.91. The molecule has 11 heteroatoms. The van der Waals surface area contributed by atoms with E-state index in [1.807, 2.05) is 13.0 Å². The molecular formula is C15H16N6O3S2. The Bertz CT molecular complexity index is 1000. The number of nitrogens with one attached hydrogen (secondary N) is 2. The highest BCUT2D eigenvalue weighted by atomic mass is 32.2. The first kappa shape index (κ1) is 18.2. The van der Waals surface area contributed by atoms with E-state index in [1.165, 1.54) is 24.0 Å². The summed E-state index contributed by atoms with van der Waals surface area (Å²) in [5.41, 5.74) is 2.13. The molecule has 9 nitrogen and oxygen atoms in total. The summed E-state index contributed by atoms with van der Waals surface area (Å²) in [6.07, 6.45) is 1.45. The van der Waals surface area contributed by atoms with Gasteiger partial charge in [-0.25, -0.2) is 13.1 Å². The maximum absolute atomic E-state index is 12.4. The Labute approximate surface area is 154 Å². The van der Waals surface area contributed by atoms with Gasteiger partial charge in [0.05, 0.1) is 11.7 Å². The number of anilines is 1. The lowest BCUT2D eigenvalue weighted by molar-refractivity contribution is -0.117. The van der Waals surface area contributed by atoms with E-state index in [4.69, 9.17) is 0 Å². The molecule has 0 spiro atoms. The van der Waals surface area contributed by atoms with Gasteiger partial charge in [-0.3, -0.25) is 4.79 Å². The molecule has 0 saturated carbocycles. The highest BCUT2D eigenvalue weighted by Gasteiger charge is 2.23. The van der Waals surface area contributed by atoms with Gasteiger partial charge in [-0.05, 0) is 53.4 Å². The molecule has 0 bridgehead atoms. The van der Waals surface area contributed by atoms with Crippen LogP contribution in [-0.4, -0.2) is 40.6 Å². The Morgan fingerprint density at radius 1 is 1.31 bits per heavy atom. The number of amides is 1. The summed E-state index contributed by atoms with van der Waals surface area (Å²) in [6, 6.07) is 7.42. The fraction of sp³-hybridized carbons (Fsp3) is 0.200. The van der Waals surface area contributed by atoms with E-state index in [9.17, 15) is 13.2 Å². The number of nitrogens with zero attached hydrogens (tertiary/aromatic N) is 4. The van der Waals surface area contributed by atoms with Crippen LogP contribution in [0.25, 0.3) is 5.69 Å². The smallest absolute Gasteiger partial charge is 0.250 e. The van der Waals surface area contributed by atoms with Crippen LogP contribution in [0.3, 0.4) is 0 Å². The Morgan fingerprint density at radius 3 is 2.77 bits per heavy atom. The fourth-order valence-electron chi connectivity index (χ4n) is 2.22. The zero-order chi connectivity index (χ0) is 18.7. The molecule has 1 aromatic carbocycles. The van der Waals surface area contributed by atoms with Crippen LogP contribution in [0.1, 0.15) is 12.5 Å². The molecule has 0 fully saturated rings. The first-order chi connectivity index (χ1) is 12.4. The van der Waals surface area contributed by atoms with Gasteiger partial charge in [0, 0.05) is 5.69 Å². The molecule has 26 heavy (non-hydrogen) atoms. The van der Waals surface area contributed by atoms with Crippen molar-refractivity contribution in [2.45, 2.75) is 24.1 Å². The summed E-state index contributed by atoms with van der Waals surface area (Å²) in [4.78, 5) is 12.4. The van der Waals surface area contributed by atoms with E-state index in [-0.39, 0.29) is 4.21 Å². The van der Waals surface area contributed by atoms with Gasteiger partial charge in [0.1, 0.15) is 10.5 Å². The van der Waals surface area contributed by atoms with Gasteiger partial charge >= 0.3 is 0 Å². The number of sulfonamides is 1. The Hall–Kier alpha value is -2.63. The van der Waals surface area contributed by atoms with Crippen LogP contribution in [0.15, 0.2) is 46.2 Å². The van der Waals surface area contributed by atoms with E-state index in [0.717, 1.165) is 16.9 Å². The van der Waals surface area contributed by atoms with Gasteiger partial charge in [0.15, 0.2) is 0 Å². The highest BCUT2D eigenvalue weighted by Crippen LogP contribution is 2.19. The second-order valence-corrected chi connectivity index (χ2v) is 8.41. The predicted molar refractivity (Wildman–Crippen MR) is 96.6 cm³/mol. The molecule has 1 unspecified atom stereocenters. The normalized spacial score (nSPS) is 12.7. The van der Waals surface area contributed by atoms with Gasteiger partial charge in [-0.15, -0.1) is 16.4 Å². The van der Waals surface area contributed by atoms with Gasteiger partial charge in [-0.2, -0.15) is 4.72 Å². The minimum Gasteiger partial charge on any atom is -0.325 e. The lowest BCUT2D eigenvalue weighted by Crippen LogP contribution is -2.41. The average molecular weight is 392 g/mol. The zero-order valence-corrected chi connectivity index (χ0v) is 15.6. The number of hydrogen-bond acceptors (Lipinski definition) is 7. The topological polar surface area (TPSA) is 119 Å². The summed E-state index contributed by atoms with van der Waals surface area (Å²) in [5, 5.41) is 15.4. The van der Waals surface area contributed by atoms with Crippen molar-refractivity contribution in [1.29, 1.82) is 0 Å². The number of carbonyl (C=O) groups is 1. The molecule has 2 aromatic heterocycles. The van der Waals surface area contributed by atoms with Gasteiger partial charge in [0.2, 0.25) is 5.91 Å². The van der Waals surface area contributed by atoms with Gasteiger partial charge < -0.3 is 5.32 Å². The molecule has 2 N–H and O–H groups in total. The Balaban J connectivity index is 1.73. The van der Waals surface area contributed by atoms with Crippen molar-refractivity contribution in [3.05, 3.63) is 47.6 Å². The standard InChI is InChI=1S/C15H16N6O3S2/c1-10-5-6-12(8-13(10)21-9-16-19-20-21)17-15(22)11(2)18-26(23,24)14-4-3-7-25-14/h3-9,11,18H,1-2H3,(H,17,22). The second-order valence-electron chi connectivity index (χ2n) is 5.52. The molecule has 0 radical (unpaired) electrons. The molecule has 3 aromatic rings. The lowest BCUT2D eigenvalue weighted by atomic mass is 10.1. The number of aromatic nitrogens is 4. The first-order valence-electron chi connectivity index (χ1n) is 7.57. The summed E-state index contributed by atoms with van der Waals surface area (Å²) in [5.74, 6) is -0.475. The minimum absolute atomic E-state index is 0.161. The van der Waals surface area contributed by atoms with Crippen molar-refractivity contribution in [2.75, 3.05) is 5.32 Å². The van der Waals surface area contributed by atoms with Crippen LogP contribution in [0.5, 0.6) is 0 Å². The summed E-state index contributed by atoms with van der Waals surface area (Å²) in [7, 11) is -3.73. The first-order valence-corrected chi connectivity index (χ1v) is 9.94. The van der Waals surface area contributed by atoms with Crippen molar-refractivity contribution < 1.29 is 13.2 Å². The predicted octanol–water partition coefficient (Wildman–Crippen LogP) is 1.34. The summed E-state index contributed by atoms with van der Waals surface area (Å²) >= 11 is 1.09. The second kappa shape index (κ2) is 7.32. The largest absolute Gasteiger partial charge is 0.325 e. The summed E-state index contributed by atoms with van der Waals surface area (Å²) < 4.78 is 28.4. The average Bonchev–Trinajstić information content (AvgIpc) is 3.30. The number of carbonyl (C=O) groups excluding carboxylic acids is 1. The minimum atomic E-state index is -3.73. The number of thiophene rings is 1. The molecule has 0 aliphatic rings. The van der Waals surface area contributed by atoms with Crippen molar-refractivity contribution >= 4 is 33.0 Å². The van der Waals surface area contributed by atoms with E-state index in [2.05, 4.69) is 25.6 Å². The summed E-state index contributed by atoms with van der Waals surface area (Å²) in [6.45, 7) is 3.37. The van der Waals surface area contributed by atoms with Crippen molar-refractivity contribution in [3.8, 4) is 5.69 Å². The molecule has 136 valence electrons. The Morgan fingerprint density at radius 2 is 2.12 bits per heavy atom. The number of aryl methyl sites for hydroxylation is 1. The molecule has 0 aliphatic heterocycles. The van der Waals surface area contributed by atoms with Gasteiger partial charge in [-0.1, -0.05) is 12.1 Å². The van der Waals surface area contributed by atoms with Gasteiger partial charge in [0.25, 0.3) is 10.0 Å². The number of tetrazole rings is 1. The van der Waals surface area contributed by atoms with Crippen molar-refractivity contribution in [2.24, 2.45) is 0 Å². The monoisotopic (exact) mass is 392 g/mol. The van der Waals surface area contributed by atoms with Crippen LogP contribution < -0.4 is 10.0 Å². The van der Waals surface area contributed by atoms with E-state index >= 15 is 0 Å². The van der Waals surface area contributed by atoms with E-state index in [1.54, 1.807) is 23.6 Å². The van der Waals surface area contributed by atoms with Crippen LogP contribution in [0, 0.1) is 6.92 Å². The molecule has 0 saturated heterocycles. The Kier molecular flexibility index (Phi) is 5.11. The fourth-order valence-corrected chi connectivity index (χ4v) is 4.43. The van der Waals surface area contributed by atoms with Crippen molar-refractivity contribution in [1.82, 2.24) is 24.9 Å². The molecule has 1 atom stereocenters. The third-order valence-electron chi connectivity index (χ3n) is 3.56. The molecule has 2 heterocycles. The maximum Gasteiger partial charge on any atom is 0.250 e. The molecular weight excluding hydrogens is 376 g/mol. The third-order valence-corrected chi connectivity index (χ3v) is 6.50. The SMILES string of the molecule is Cc1ccc(NC(=O)C(C)NS(=O)(=O)c2cccs2)cc1-n1cnnn1. The maximum atomic E-state index is 12.4. The van der Waals surface area contributed by atoms with E-state index in [0.29, 0.717) is 11.4 Å². The number of hydrogen-bond donors (Lipinski definition) is 2. The lowest BCUT2D eigenvalue weighted by Gasteiger charge is -2.15. The van der Waals surface area contributed by atoms with Crippen molar-refractivity contribution in [3.63, 3.8) is 0 Å².